The second kappa shape index (κ2) is 12.8. The Kier molecular flexibility index (Phi) is 9.41. The van der Waals surface area contributed by atoms with E-state index in [0.717, 1.165) is 68.5 Å². The third kappa shape index (κ3) is 7.16. The van der Waals surface area contributed by atoms with Gasteiger partial charge in [-0.3, -0.25) is 9.59 Å². The Labute approximate surface area is 230 Å². The summed E-state index contributed by atoms with van der Waals surface area (Å²) in [6.07, 6.45) is 2.44. The van der Waals surface area contributed by atoms with Gasteiger partial charge in [0.15, 0.2) is 5.65 Å². The van der Waals surface area contributed by atoms with Crippen molar-refractivity contribution in [3.8, 4) is 0 Å². The fourth-order valence-corrected chi connectivity index (χ4v) is 5.22. The van der Waals surface area contributed by atoms with Crippen LogP contribution in [0.3, 0.4) is 0 Å². The number of halogens is 3. The maximum Gasteiger partial charge on any atom is 0.416 e. The number of aromatic nitrogens is 3. The van der Waals surface area contributed by atoms with Crippen LogP contribution < -0.4 is 10.6 Å². The first-order valence-electron chi connectivity index (χ1n) is 13.6. The first-order valence-corrected chi connectivity index (χ1v) is 13.6. The molecule has 0 atom stereocenters. The standard InChI is InChI=1S/C14H15F3N2O2.C14H20N4O/c15-14(16,17)11-5-3-4-10(8-11)13(21)18-9-12(20)19-6-1-2-7-19;1-2-15-11-6-8-14(19,9-7-11)12-4-3-5-13-16-10-17-18(12)13/h3-5,8H,1-2,6-7,9H2,(H,18,21);3-5,10-11,15,19H,2,6-9H2,1H3. The van der Waals surface area contributed by atoms with Crippen molar-refractivity contribution in [2.75, 3.05) is 26.2 Å². The molecule has 3 aromatic rings. The Morgan fingerprint density at radius 2 is 1.80 bits per heavy atom. The molecule has 1 saturated heterocycles. The van der Waals surface area contributed by atoms with Gasteiger partial charge in [-0.1, -0.05) is 19.1 Å². The quantitative estimate of drug-likeness (QED) is 0.426. The van der Waals surface area contributed by atoms with E-state index in [-0.39, 0.29) is 18.0 Å². The molecule has 2 aromatic heterocycles. The van der Waals surface area contributed by atoms with E-state index in [1.165, 1.54) is 18.5 Å². The molecule has 40 heavy (non-hydrogen) atoms. The average Bonchev–Trinajstić information content (AvgIpc) is 3.66. The van der Waals surface area contributed by atoms with E-state index in [1.54, 1.807) is 9.42 Å². The SMILES string of the molecule is CCNC1CCC(O)(c2cccc3ncnn23)CC1.O=C(NCC(=O)N1CCCC1)c1cccc(C(F)(F)F)c1. The number of benzene rings is 1. The van der Waals surface area contributed by atoms with Crippen LogP contribution in [0.15, 0.2) is 48.8 Å². The smallest absolute Gasteiger partial charge is 0.384 e. The minimum atomic E-state index is -4.50. The number of amides is 2. The van der Waals surface area contributed by atoms with Crippen molar-refractivity contribution in [3.05, 3.63) is 65.6 Å². The molecular weight excluding hydrogens is 525 g/mol. The largest absolute Gasteiger partial charge is 0.416 e. The molecule has 2 amide bonds. The van der Waals surface area contributed by atoms with Crippen molar-refractivity contribution < 1.29 is 27.9 Å². The van der Waals surface area contributed by atoms with Gasteiger partial charge < -0.3 is 20.6 Å². The zero-order chi connectivity index (χ0) is 28.8. The molecule has 1 aromatic carbocycles. The second-order valence-corrected chi connectivity index (χ2v) is 10.2. The summed E-state index contributed by atoms with van der Waals surface area (Å²) < 4.78 is 39.4. The number of rotatable bonds is 6. The molecule has 5 rings (SSSR count). The molecule has 0 bridgehead atoms. The van der Waals surface area contributed by atoms with Crippen LogP contribution in [0.2, 0.25) is 0 Å². The van der Waals surface area contributed by atoms with Crippen LogP contribution in [0.4, 0.5) is 13.2 Å². The molecule has 1 saturated carbocycles. The highest BCUT2D eigenvalue weighted by molar-refractivity contribution is 5.96. The van der Waals surface area contributed by atoms with Gasteiger partial charge in [0.05, 0.1) is 17.8 Å². The molecule has 1 aliphatic heterocycles. The number of likely N-dealkylation sites (tertiary alicyclic amines) is 1. The fourth-order valence-electron chi connectivity index (χ4n) is 5.22. The lowest BCUT2D eigenvalue weighted by Gasteiger charge is -2.36. The summed E-state index contributed by atoms with van der Waals surface area (Å²) in [4.78, 5) is 29.3. The summed E-state index contributed by atoms with van der Waals surface area (Å²) >= 11 is 0. The molecule has 1 aliphatic carbocycles. The average molecular weight is 561 g/mol. The molecular formula is C28H35F3N6O3. The van der Waals surface area contributed by atoms with E-state index >= 15 is 0 Å². The highest BCUT2D eigenvalue weighted by atomic mass is 19.4. The van der Waals surface area contributed by atoms with Gasteiger partial charge in [-0.25, -0.2) is 9.50 Å². The lowest BCUT2D eigenvalue weighted by Crippen LogP contribution is -2.40. The number of aliphatic hydroxyl groups is 1. The molecule has 216 valence electrons. The van der Waals surface area contributed by atoms with Gasteiger partial charge in [-0.2, -0.15) is 18.3 Å². The van der Waals surface area contributed by atoms with Crippen LogP contribution in [0.25, 0.3) is 5.65 Å². The summed E-state index contributed by atoms with van der Waals surface area (Å²) in [5.41, 5.74) is -0.128. The van der Waals surface area contributed by atoms with E-state index in [2.05, 4.69) is 27.6 Å². The van der Waals surface area contributed by atoms with Crippen LogP contribution in [-0.4, -0.2) is 68.6 Å². The number of hydrogen-bond donors (Lipinski definition) is 3. The molecule has 2 fully saturated rings. The van der Waals surface area contributed by atoms with Gasteiger partial charge in [0.1, 0.15) is 11.9 Å². The van der Waals surface area contributed by atoms with Gasteiger partial charge in [0, 0.05) is 24.7 Å². The van der Waals surface area contributed by atoms with Gasteiger partial charge in [-0.05, 0) is 75.4 Å². The Hall–Kier alpha value is -3.51. The molecule has 2 aliphatic rings. The second-order valence-electron chi connectivity index (χ2n) is 10.2. The maximum absolute atomic E-state index is 12.6. The van der Waals surface area contributed by atoms with Crippen molar-refractivity contribution in [1.29, 1.82) is 0 Å². The van der Waals surface area contributed by atoms with Crippen molar-refractivity contribution in [2.24, 2.45) is 0 Å². The predicted molar refractivity (Wildman–Crippen MR) is 142 cm³/mol. The highest BCUT2D eigenvalue weighted by Crippen LogP contribution is 2.37. The van der Waals surface area contributed by atoms with E-state index in [0.29, 0.717) is 19.1 Å². The molecule has 0 radical (unpaired) electrons. The molecule has 3 heterocycles. The highest BCUT2D eigenvalue weighted by Gasteiger charge is 2.36. The summed E-state index contributed by atoms with van der Waals surface area (Å²) in [5.74, 6) is -0.901. The third-order valence-corrected chi connectivity index (χ3v) is 7.40. The number of carbonyl (C=O) groups is 2. The molecule has 0 unspecified atom stereocenters. The summed E-state index contributed by atoms with van der Waals surface area (Å²) in [7, 11) is 0. The molecule has 9 nitrogen and oxygen atoms in total. The van der Waals surface area contributed by atoms with Crippen molar-refractivity contribution in [1.82, 2.24) is 30.1 Å². The summed E-state index contributed by atoms with van der Waals surface area (Å²) in [6.45, 7) is 4.24. The van der Waals surface area contributed by atoms with Crippen LogP contribution in [-0.2, 0) is 16.6 Å². The monoisotopic (exact) mass is 560 g/mol. The topological polar surface area (TPSA) is 112 Å². The molecule has 3 N–H and O–H groups in total. The number of alkyl halides is 3. The molecule has 0 spiro atoms. The van der Waals surface area contributed by atoms with E-state index < -0.39 is 23.2 Å². The first-order chi connectivity index (χ1) is 19.1. The van der Waals surface area contributed by atoms with Gasteiger partial charge in [-0.15, -0.1) is 0 Å². The molecule has 12 heteroatoms. The van der Waals surface area contributed by atoms with Crippen LogP contribution in [0, 0.1) is 0 Å². The van der Waals surface area contributed by atoms with E-state index in [4.69, 9.17) is 0 Å². The van der Waals surface area contributed by atoms with E-state index in [9.17, 15) is 27.9 Å². The number of hydrogen-bond acceptors (Lipinski definition) is 6. The van der Waals surface area contributed by atoms with Crippen LogP contribution >= 0.6 is 0 Å². The lowest BCUT2D eigenvalue weighted by molar-refractivity contribution is -0.137. The Balaban J connectivity index is 0.000000186. The summed E-state index contributed by atoms with van der Waals surface area (Å²) in [5, 5.41) is 21.0. The van der Waals surface area contributed by atoms with Crippen molar-refractivity contribution in [3.63, 3.8) is 0 Å². The fraction of sp³-hybridized carbons (Fsp3) is 0.500. The van der Waals surface area contributed by atoms with Crippen LogP contribution in [0.5, 0.6) is 0 Å². The summed E-state index contributed by atoms with van der Waals surface area (Å²) in [6, 6.07) is 10.4. The van der Waals surface area contributed by atoms with Gasteiger partial charge in [0.25, 0.3) is 5.91 Å². The number of pyridine rings is 1. The Morgan fingerprint density at radius 1 is 1.10 bits per heavy atom. The maximum atomic E-state index is 12.6. The Morgan fingerprint density at radius 3 is 2.48 bits per heavy atom. The first kappa shape index (κ1) is 29.5. The number of fused-ring (bicyclic) bond motifs is 1. The minimum absolute atomic E-state index is 0.112. The number of nitrogens with zero attached hydrogens (tertiary/aromatic N) is 4. The van der Waals surface area contributed by atoms with Gasteiger partial charge in [0.2, 0.25) is 5.91 Å². The van der Waals surface area contributed by atoms with Gasteiger partial charge >= 0.3 is 6.18 Å². The minimum Gasteiger partial charge on any atom is -0.384 e. The number of nitrogens with one attached hydrogen (secondary N) is 2. The lowest BCUT2D eigenvalue weighted by atomic mass is 9.80. The third-order valence-electron chi connectivity index (χ3n) is 7.40. The Bertz CT molecular complexity index is 1300. The number of carbonyl (C=O) groups excluding carboxylic acids is 2. The van der Waals surface area contributed by atoms with E-state index in [1.807, 2.05) is 18.2 Å². The normalized spacial score (nSPS) is 21.1. The van der Waals surface area contributed by atoms with Crippen LogP contribution in [0.1, 0.15) is 67.1 Å². The van der Waals surface area contributed by atoms with Crippen molar-refractivity contribution in [2.45, 2.75) is 63.3 Å². The van der Waals surface area contributed by atoms with Crippen molar-refractivity contribution >= 4 is 17.5 Å². The zero-order valence-electron chi connectivity index (χ0n) is 22.5. The zero-order valence-corrected chi connectivity index (χ0v) is 22.5. The predicted octanol–water partition coefficient (Wildman–Crippen LogP) is 3.53.